The molecular formula is C12H14ClN3O2. The van der Waals surface area contributed by atoms with E-state index >= 15 is 0 Å². The number of nitrogens with zero attached hydrogens (tertiary/aromatic N) is 2. The number of carbonyl (C=O) groups is 1. The van der Waals surface area contributed by atoms with Crippen molar-refractivity contribution in [3.05, 3.63) is 29.0 Å². The molecule has 1 aromatic carbocycles. The second-order valence-electron chi connectivity index (χ2n) is 4.04. The summed E-state index contributed by atoms with van der Waals surface area (Å²) in [5.41, 5.74) is 1.86. The third-order valence-electron chi connectivity index (χ3n) is 2.73. The van der Waals surface area contributed by atoms with Gasteiger partial charge < -0.3 is 15.0 Å². The lowest BCUT2D eigenvalue weighted by Gasteiger charge is -2.03. The lowest BCUT2D eigenvalue weighted by atomic mass is 10.3. The quantitative estimate of drug-likeness (QED) is 0.811. The first-order chi connectivity index (χ1) is 8.58. The van der Waals surface area contributed by atoms with Gasteiger partial charge in [0.05, 0.1) is 24.0 Å². The minimum atomic E-state index is -0.806. The summed E-state index contributed by atoms with van der Waals surface area (Å²) in [6, 6.07) is 5.54. The van der Waals surface area contributed by atoms with Crippen LogP contribution in [-0.2, 0) is 18.4 Å². The first kappa shape index (κ1) is 12.9. The Kier molecular flexibility index (Phi) is 3.84. The van der Waals surface area contributed by atoms with E-state index in [1.165, 1.54) is 0 Å². The van der Waals surface area contributed by atoms with Crippen molar-refractivity contribution < 1.29 is 9.90 Å². The first-order valence-electron chi connectivity index (χ1n) is 5.61. The molecule has 0 aliphatic carbocycles. The molecule has 0 fully saturated rings. The number of benzene rings is 1. The largest absolute Gasteiger partial charge is 0.481 e. The van der Waals surface area contributed by atoms with Crippen LogP contribution < -0.4 is 5.32 Å². The number of aromatic nitrogens is 2. The van der Waals surface area contributed by atoms with Gasteiger partial charge in [0.2, 0.25) is 0 Å². The molecule has 1 heterocycles. The Balaban J connectivity index is 2.09. The number of carboxylic acids is 1. The van der Waals surface area contributed by atoms with E-state index in [-0.39, 0.29) is 6.42 Å². The Bertz CT molecular complexity index is 580. The van der Waals surface area contributed by atoms with E-state index in [0.717, 1.165) is 16.9 Å². The Morgan fingerprint density at radius 2 is 2.33 bits per heavy atom. The average molecular weight is 268 g/mol. The van der Waals surface area contributed by atoms with Gasteiger partial charge in [-0.05, 0) is 18.2 Å². The van der Waals surface area contributed by atoms with Gasteiger partial charge in [-0.3, -0.25) is 4.79 Å². The molecule has 0 saturated carbocycles. The van der Waals surface area contributed by atoms with Crippen molar-refractivity contribution in [2.75, 3.05) is 6.54 Å². The van der Waals surface area contributed by atoms with Crippen molar-refractivity contribution >= 4 is 28.6 Å². The van der Waals surface area contributed by atoms with Crippen LogP contribution in [-0.4, -0.2) is 27.2 Å². The predicted octanol–water partition coefficient (Wildman–Crippen LogP) is 1.79. The second kappa shape index (κ2) is 5.37. The Morgan fingerprint density at radius 3 is 3.06 bits per heavy atom. The number of carboxylic acid groups (broad SMARTS) is 1. The number of rotatable bonds is 5. The van der Waals surface area contributed by atoms with Crippen LogP contribution in [0.15, 0.2) is 18.2 Å². The highest BCUT2D eigenvalue weighted by Gasteiger charge is 2.07. The SMILES string of the molecule is Cn1c(CNCCC(=O)O)nc2ccc(Cl)cc21. The maximum atomic E-state index is 10.4. The number of hydrogen-bond donors (Lipinski definition) is 2. The fourth-order valence-electron chi connectivity index (χ4n) is 1.77. The van der Waals surface area contributed by atoms with Crippen molar-refractivity contribution in [1.82, 2.24) is 14.9 Å². The van der Waals surface area contributed by atoms with Gasteiger partial charge in [0, 0.05) is 18.6 Å². The topological polar surface area (TPSA) is 67.2 Å². The zero-order chi connectivity index (χ0) is 13.1. The lowest BCUT2D eigenvalue weighted by Crippen LogP contribution is -2.19. The number of aryl methyl sites for hydroxylation is 1. The standard InChI is InChI=1S/C12H14ClN3O2/c1-16-10-6-8(13)2-3-9(10)15-11(16)7-14-5-4-12(17)18/h2-3,6,14H,4-5,7H2,1H3,(H,17,18). The van der Waals surface area contributed by atoms with Gasteiger partial charge in [-0.2, -0.15) is 0 Å². The highest BCUT2D eigenvalue weighted by Crippen LogP contribution is 2.19. The van der Waals surface area contributed by atoms with Crippen LogP contribution in [0, 0.1) is 0 Å². The zero-order valence-corrected chi connectivity index (χ0v) is 10.7. The molecule has 0 saturated heterocycles. The molecule has 5 nitrogen and oxygen atoms in total. The highest BCUT2D eigenvalue weighted by molar-refractivity contribution is 6.31. The molecule has 0 radical (unpaired) electrons. The van der Waals surface area contributed by atoms with Crippen LogP contribution in [0.3, 0.4) is 0 Å². The van der Waals surface area contributed by atoms with Crippen LogP contribution in [0.25, 0.3) is 11.0 Å². The molecule has 2 N–H and O–H groups in total. The van der Waals surface area contributed by atoms with E-state index in [9.17, 15) is 4.79 Å². The zero-order valence-electron chi connectivity index (χ0n) is 9.98. The van der Waals surface area contributed by atoms with Crippen LogP contribution in [0.5, 0.6) is 0 Å². The van der Waals surface area contributed by atoms with Gasteiger partial charge in [-0.15, -0.1) is 0 Å². The van der Waals surface area contributed by atoms with Gasteiger partial charge in [0.1, 0.15) is 5.82 Å². The Labute approximate surface area is 109 Å². The molecule has 1 aromatic heterocycles. The van der Waals surface area contributed by atoms with Crippen molar-refractivity contribution in [1.29, 1.82) is 0 Å². The molecule has 0 spiro atoms. The van der Waals surface area contributed by atoms with Gasteiger partial charge in [0.25, 0.3) is 0 Å². The highest BCUT2D eigenvalue weighted by atomic mass is 35.5. The molecule has 18 heavy (non-hydrogen) atoms. The molecule has 0 unspecified atom stereocenters. The van der Waals surface area contributed by atoms with Crippen LogP contribution in [0.1, 0.15) is 12.2 Å². The summed E-state index contributed by atoms with van der Waals surface area (Å²) in [6.07, 6.45) is 0.107. The van der Waals surface area contributed by atoms with Crippen molar-refractivity contribution in [3.8, 4) is 0 Å². The summed E-state index contributed by atoms with van der Waals surface area (Å²) in [4.78, 5) is 14.8. The summed E-state index contributed by atoms with van der Waals surface area (Å²) in [5, 5.41) is 12.3. The summed E-state index contributed by atoms with van der Waals surface area (Å²) in [5.74, 6) is 0.0527. The number of hydrogen-bond acceptors (Lipinski definition) is 3. The maximum absolute atomic E-state index is 10.4. The van der Waals surface area contributed by atoms with Crippen LogP contribution >= 0.6 is 11.6 Å². The second-order valence-corrected chi connectivity index (χ2v) is 4.48. The molecule has 2 aromatic rings. The van der Waals surface area contributed by atoms with E-state index in [2.05, 4.69) is 10.3 Å². The molecule has 0 amide bonds. The normalized spacial score (nSPS) is 11.0. The van der Waals surface area contributed by atoms with Crippen molar-refractivity contribution in [2.45, 2.75) is 13.0 Å². The van der Waals surface area contributed by atoms with Gasteiger partial charge in [0.15, 0.2) is 0 Å². The summed E-state index contributed by atoms with van der Waals surface area (Å²) >= 11 is 5.94. The number of aliphatic carboxylic acids is 1. The fraction of sp³-hybridized carbons (Fsp3) is 0.333. The van der Waals surface area contributed by atoms with Crippen molar-refractivity contribution in [2.24, 2.45) is 7.05 Å². The van der Waals surface area contributed by atoms with Gasteiger partial charge in [-0.25, -0.2) is 4.98 Å². The third-order valence-corrected chi connectivity index (χ3v) is 2.97. The molecule has 2 rings (SSSR count). The summed E-state index contributed by atoms with van der Waals surface area (Å²) in [6.45, 7) is 0.968. The number of fused-ring (bicyclic) bond motifs is 1. The molecule has 0 atom stereocenters. The number of nitrogens with one attached hydrogen (secondary N) is 1. The summed E-state index contributed by atoms with van der Waals surface area (Å²) in [7, 11) is 1.92. The number of halogens is 1. The van der Waals surface area contributed by atoms with E-state index < -0.39 is 5.97 Å². The van der Waals surface area contributed by atoms with E-state index in [4.69, 9.17) is 16.7 Å². The third kappa shape index (κ3) is 2.80. The van der Waals surface area contributed by atoms with Gasteiger partial charge in [-0.1, -0.05) is 11.6 Å². The number of imidazole rings is 1. The lowest BCUT2D eigenvalue weighted by molar-refractivity contribution is -0.136. The molecular weight excluding hydrogens is 254 g/mol. The van der Waals surface area contributed by atoms with Gasteiger partial charge >= 0.3 is 5.97 Å². The molecule has 0 bridgehead atoms. The predicted molar refractivity (Wildman–Crippen MR) is 69.7 cm³/mol. The van der Waals surface area contributed by atoms with E-state index in [1.807, 2.05) is 23.7 Å². The molecule has 6 heteroatoms. The Morgan fingerprint density at radius 1 is 1.56 bits per heavy atom. The summed E-state index contributed by atoms with van der Waals surface area (Å²) < 4.78 is 1.95. The van der Waals surface area contributed by atoms with Crippen molar-refractivity contribution in [3.63, 3.8) is 0 Å². The van der Waals surface area contributed by atoms with Crippen LogP contribution in [0.2, 0.25) is 5.02 Å². The van der Waals surface area contributed by atoms with E-state index in [0.29, 0.717) is 18.1 Å². The van der Waals surface area contributed by atoms with Crippen LogP contribution in [0.4, 0.5) is 0 Å². The molecule has 96 valence electrons. The fourth-order valence-corrected chi connectivity index (χ4v) is 1.93. The molecule has 0 aliphatic rings. The molecule has 0 aliphatic heterocycles. The Hall–Kier alpha value is -1.59. The average Bonchev–Trinajstić information content (AvgIpc) is 2.62. The smallest absolute Gasteiger partial charge is 0.304 e. The first-order valence-corrected chi connectivity index (χ1v) is 5.99. The minimum Gasteiger partial charge on any atom is -0.481 e. The minimum absolute atomic E-state index is 0.107. The maximum Gasteiger partial charge on any atom is 0.304 e. The van der Waals surface area contributed by atoms with E-state index in [1.54, 1.807) is 6.07 Å². The monoisotopic (exact) mass is 267 g/mol.